The van der Waals surface area contributed by atoms with Crippen LogP contribution in [0.3, 0.4) is 0 Å². The highest BCUT2D eigenvalue weighted by Gasteiger charge is 2.07. The Morgan fingerprint density at radius 3 is 2.43 bits per heavy atom. The molecule has 0 aliphatic rings. The standard InChI is InChI=1S/C18H19N3/c1-14-8-6-7-9-16(14)12-19-18-20-15(2)13-21(18)17-10-4-3-5-11-17/h3-11,13H,12H2,1-2H3,(H,19,20). The van der Waals surface area contributed by atoms with E-state index in [4.69, 9.17) is 0 Å². The number of para-hydroxylation sites is 1. The fourth-order valence-electron chi connectivity index (χ4n) is 2.39. The fourth-order valence-corrected chi connectivity index (χ4v) is 2.39. The quantitative estimate of drug-likeness (QED) is 0.778. The molecule has 1 heterocycles. The maximum atomic E-state index is 4.58. The molecule has 2 aromatic carbocycles. The van der Waals surface area contributed by atoms with Crippen molar-refractivity contribution < 1.29 is 0 Å². The zero-order valence-electron chi connectivity index (χ0n) is 12.4. The summed E-state index contributed by atoms with van der Waals surface area (Å²) in [7, 11) is 0. The van der Waals surface area contributed by atoms with Gasteiger partial charge in [0.25, 0.3) is 0 Å². The van der Waals surface area contributed by atoms with Crippen LogP contribution in [-0.2, 0) is 6.54 Å². The van der Waals surface area contributed by atoms with Crippen LogP contribution < -0.4 is 5.32 Å². The highest BCUT2D eigenvalue weighted by atomic mass is 15.2. The lowest BCUT2D eigenvalue weighted by atomic mass is 10.1. The largest absolute Gasteiger partial charge is 0.351 e. The lowest BCUT2D eigenvalue weighted by Gasteiger charge is -2.11. The van der Waals surface area contributed by atoms with E-state index in [1.807, 2.05) is 25.1 Å². The average Bonchev–Trinajstić information content (AvgIpc) is 2.88. The maximum Gasteiger partial charge on any atom is 0.208 e. The van der Waals surface area contributed by atoms with Gasteiger partial charge in [-0.15, -0.1) is 0 Å². The number of aryl methyl sites for hydroxylation is 2. The van der Waals surface area contributed by atoms with Crippen LogP contribution in [-0.4, -0.2) is 9.55 Å². The summed E-state index contributed by atoms with van der Waals surface area (Å²) in [4.78, 5) is 4.58. The van der Waals surface area contributed by atoms with E-state index < -0.39 is 0 Å². The van der Waals surface area contributed by atoms with E-state index in [2.05, 4.69) is 64.4 Å². The van der Waals surface area contributed by atoms with Crippen LogP contribution in [0.15, 0.2) is 60.8 Å². The first-order valence-electron chi connectivity index (χ1n) is 7.14. The van der Waals surface area contributed by atoms with Crippen molar-refractivity contribution in [2.45, 2.75) is 20.4 Å². The normalized spacial score (nSPS) is 10.6. The van der Waals surface area contributed by atoms with Crippen LogP contribution in [0, 0.1) is 13.8 Å². The molecule has 0 saturated carbocycles. The smallest absolute Gasteiger partial charge is 0.208 e. The van der Waals surface area contributed by atoms with Crippen molar-refractivity contribution in [1.82, 2.24) is 9.55 Å². The number of nitrogens with zero attached hydrogens (tertiary/aromatic N) is 2. The molecule has 3 nitrogen and oxygen atoms in total. The van der Waals surface area contributed by atoms with E-state index in [1.54, 1.807) is 0 Å². The van der Waals surface area contributed by atoms with Gasteiger partial charge < -0.3 is 5.32 Å². The Bertz CT molecular complexity index is 729. The molecule has 0 aliphatic heterocycles. The van der Waals surface area contributed by atoms with Gasteiger partial charge in [0.2, 0.25) is 5.95 Å². The van der Waals surface area contributed by atoms with Gasteiger partial charge >= 0.3 is 0 Å². The first-order valence-corrected chi connectivity index (χ1v) is 7.14. The summed E-state index contributed by atoms with van der Waals surface area (Å²) in [5, 5.41) is 3.44. The van der Waals surface area contributed by atoms with Crippen molar-refractivity contribution in [1.29, 1.82) is 0 Å². The molecule has 106 valence electrons. The number of hydrogen-bond acceptors (Lipinski definition) is 2. The monoisotopic (exact) mass is 277 g/mol. The number of nitrogens with one attached hydrogen (secondary N) is 1. The van der Waals surface area contributed by atoms with E-state index in [0.29, 0.717) is 0 Å². The Morgan fingerprint density at radius 2 is 1.67 bits per heavy atom. The van der Waals surface area contributed by atoms with Gasteiger partial charge in [-0.1, -0.05) is 42.5 Å². The highest BCUT2D eigenvalue weighted by molar-refractivity contribution is 5.43. The minimum absolute atomic E-state index is 0.774. The Morgan fingerprint density at radius 1 is 0.952 bits per heavy atom. The van der Waals surface area contributed by atoms with E-state index in [-0.39, 0.29) is 0 Å². The summed E-state index contributed by atoms with van der Waals surface area (Å²) in [6, 6.07) is 18.7. The molecule has 3 rings (SSSR count). The number of anilines is 1. The van der Waals surface area contributed by atoms with E-state index in [1.165, 1.54) is 11.1 Å². The minimum Gasteiger partial charge on any atom is -0.351 e. The first kappa shape index (κ1) is 13.4. The summed E-state index contributed by atoms with van der Waals surface area (Å²) >= 11 is 0. The lowest BCUT2D eigenvalue weighted by molar-refractivity contribution is 0.998. The van der Waals surface area contributed by atoms with Crippen molar-refractivity contribution in [3.63, 3.8) is 0 Å². The van der Waals surface area contributed by atoms with Crippen molar-refractivity contribution in [2.75, 3.05) is 5.32 Å². The van der Waals surface area contributed by atoms with Gasteiger partial charge in [-0.2, -0.15) is 0 Å². The molecule has 0 aliphatic carbocycles. The van der Waals surface area contributed by atoms with Gasteiger partial charge in [0.1, 0.15) is 0 Å². The van der Waals surface area contributed by atoms with Crippen molar-refractivity contribution in [3.8, 4) is 5.69 Å². The predicted molar refractivity (Wildman–Crippen MR) is 86.8 cm³/mol. The van der Waals surface area contributed by atoms with Crippen LogP contribution in [0.5, 0.6) is 0 Å². The number of imidazole rings is 1. The lowest BCUT2D eigenvalue weighted by Crippen LogP contribution is -2.06. The predicted octanol–water partition coefficient (Wildman–Crippen LogP) is 4.10. The molecule has 0 amide bonds. The molecule has 3 aromatic rings. The second-order valence-electron chi connectivity index (χ2n) is 5.19. The third kappa shape index (κ3) is 2.97. The maximum absolute atomic E-state index is 4.58. The molecule has 21 heavy (non-hydrogen) atoms. The molecule has 0 bridgehead atoms. The zero-order chi connectivity index (χ0) is 14.7. The Balaban J connectivity index is 1.85. The van der Waals surface area contributed by atoms with E-state index in [9.17, 15) is 0 Å². The average molecular weight is 277 g/mol. The molecule has 0 radical (unpaired) electrons. The van der Waals surface area contributed by atoms with Gasteiger partial charge in [0.05, 0.1) is 5.69 Å². The number of benzene rings is 2. The van der Waals surface area contributed by atoms with Gasteiger partial charge in [0, 0.05) is 18.4 Å². The Labute approximate surface area is 125 Å². The summed E-state index contributed by atoms with van der Waals surface area (Å²) < 4.78 is 2.09. The van der Waals surface area contributed by atoms with Gasteiger partial charge in [-0.3, -0.25) is 4.57 Å². The second kappa shape index (κ2) is 5.83. The third-order valence-electron chi connectivity index (χ3n) is 3.56. The van der Waals surface area contributed by atoms with Crippen molar-refractivity contribution in [3.05, 3.63) is 77.6 Å². The molecule has 1 N–H and O–H groups in total. The molecule has 0 saturated heterocycles. The van der Waals surface area contributed by atoms with Crippen LogP contribution in [0.2, 0.25) is 0 Å². The van der Waals surface area contributed by atoms with Crippen LogP contribution in [0.25, 0.3) is 5.69 Å². The van der Waals surface area contributed by atoms with Crippen LogP contribution >= 0.6 is 0 Å². The molecule has 0 atom stereocenters. The number of hydrogen-bond donors (Lipinski definition) is 1. The number of aromatic nitrogens is 2. The Hall–Kier alpha value is -2.55. The van der Waals surface area contributed by atoms with Gasteiger partial charge in [-0.25, -0.2) is 4.98 Å². The molecule has 3 heteroatoms. The molecule has 0 unspecified atom stereocenters. The minimum atomic E-state index is 0.774. The fraction of sp³-hybridized carbons (Fsp3) is 0.167. The Kier molecular flexibility index (Phi) is 3.73. The molecular weight excluding hydrogens is 258 g/mol. The van der Waals surface area contributed by atoms with Gasteiger partial charge in [-0.05, 0) is 37.1 Å². The summed E-state index contributed by atoms with van der Waals surface area (Å²) in [6.45, 7) is 4.92. The highest BCUT2D eigenvalue weighted by Crippen LogP contribution is 2.17. The summed E-state index contributed by atoms with van der Waals surface area (Å²) in [5.41, 5.74) is 4.70. The van der Waals surface area contributed by atoms with E-state index >= 15 is 0 Å². The SMILES string of the molecule is Cc1cn(-c2ccccc2)c(NCc2ccccc2C)n1. The third-order valence-corrected chi connectivity index (χ3v) is 3.56. The summed E-state index contributed by atoms with van der Waals surface area (Å²) in [5.74, 6) is 0.877. The second-order valence-corrected chi connectivity index (χ2v) is 5.19. The molecule has 0 fully saturated rings. The molecular formula is C18H19N3. The van der Waals surface area contributed by atoms with E-state index in [0.717, 1.165) is 23.9 Å². The topological polar surface area (TPSA) is 29.9 Å². The first-order chi connectivity index (χ1) is 10.2. The van der Waals surface area contributed by atoms with Crippen molar-refractivity contribution in [2.24, 2.45) is 0 Å². The van der Waals surface area contributed by atoms with Crippen LogP contribution in [0.4, 0.5) is 5.95 Å². The van der Waals surface area contributed by atoms with Crippen LogP contribution in [0.1, 0.15) is 16.8 Å². The number of rotatable bonds is 4. The van der Waals surface area contributed by atoms with Crippen molar-refractivity contribution >= 4 is 5.95 Å². The van der Waals surface area contributed by atoms with Gasteiger partial charge in [0.15, 0.2) is 0 Å². The zero-order valence-corrected chi connectivity index (χ0v) is 12.4. The molecule has 0 spiro atoms. The molecule has 1 aromatic heterocycles. The summed E-state index contributed by atoms with van der Waals surface area (Å²) in [6.07, 6.45) is 2.05.